The number of hydrogen-bond acceptors (Lipinski definition) is 3. The van der Waals surface area contributed by atoms with Crippen molar-refractivity contribution in [2.75, 3.05) is 19.6 Å². The summed E-state index contributed by atoms with van der Waals surface area (Å²) in [4.78, 5) is 0. The lowest BCUT2D eigenvalue weighted by molar-refractivity contribution is 0.530. The van der Waals surface area contributed by atoms with Crippen LogP contribution in [0.3, 0.4) is 0 Å². The van der Waals surface area contributed by atoms with E-state index in [1.165, 1.54) is 263 Å². The molecule has 0 aliphatic carbocycles. The van der Waals surface area contributed by atoms with E-state index in [9.17, 15) is 0 Å². The SMILES string of the molecule is CCCCCCCCCCCCCCCCCCN.CCCCCCCCCCCCCCCN.CCCCCCCCCCCCCCN. The van der Waals surface area contributed by atoms with Gasteiger partial charge in [-0.2, -0.15) is 0 Å². The van der Waals surface area contributed by atoms with Gasteiger partial charge in [-0.25, -0.2) is 0 Å². The van der Waals surface area contributed by atoms with Crippen molar-refractivity contribution in [1.29, 1.82) is 0 Å². The average molecular weight is 710 g/mol. The van der Waals surface area contributed by atoms with E-state index in [1.54, 1.807) is 0 Å². The summed E-state index contributed by atoms with van der Waals surface area (Å²) in [5.41, 5.74) is 16.4. The van der Waals surface area contributed by atoms with Gasteiger partial charge in [0.1, 0.15) is 0 Å². The third-order valence-electron chi connectivity index (χ3n) is 10.4. The first kappa shape index (κ1) is 54.2. The minimum Gasteiger partial charge on any atom is -0.330 e. The van der Waals surface area contributed by atoms with Crippen LogP contribution >= 0.6 is 0 Å². The van der Waals surface area contributed by atoms with Crippen LogP contribution in [0.25, 0.3) is 0 Å². The second-order valence-electron chi connectivity index (χ2n) is 15.8. The molecule has 0 aliphatic heterocycles. The maximum absolute atomic E-state index is 5.48. The maximum Gasteiger partial charge on any atom is -0.00773 e. The number of rotatable bonds is 41. The molecule has 0 aromatic carbocycles. The van der Waals surface area contributed by atoms with Gasteiger partial charge < -0.3 is 17.2 Å². The molecule has 0 amide bonds. The molecule has 0 fully saturated rings. The highest BCUT2D eigenvalue weighted by molar-refractivity contribution is 4.52. The first-order valence-electron chi connectivity index (χ1n) is 23.8. The van der Waals surface area contributed by atoms with Gasteiger partial charge in [0.15, 0.2) is 0 Å². The van der Waals surface area contributed by atoms with Crippen molar-refractivity contribution in [3.8, 4) is 0 Å². The van der Waals surface area contributed by atoms with E-state index in [0.29, 0.717) is 0 Å². The van der Waals surface area contributed by atoms with Crippen LogP contribution in [0.1, 0.15) is 284 Å². The molecule has 0 radical (unpaired) electrons. The van der Waals surface area contributed by atoms with Gasteiger partial charge in [0.25, 0.3) is 0 Å². The fourth-order valence-corrected chi connectivity index (χ4v) is 6.84. The van der Waals surface area contributed by atoms with E-state index < -0.39 is 0 Å². The van der Waals surface area contributed by atoms with Crippen molar-refractivity contribution in [3.63, 3.8) is 0 Å². The highest BCUT2D eigenvalue weighted by atomic mass is 14.5. The van der Waals surface area contributed by atoms with Gasteiger partial charge in [0.05, 0.1) is 0 Å². The highest BCUT2D eigenvalue weighted by Crippen LogP contribution is 2.15. The van der Waals surface area contributed by atoms with Crippen molar-refractivity contribution in [1.82, 2.24) is 0 Å². The molecule has 0 aliphatic rings. The number of nitrogens with two attached hydrogens (primary N) is 3. The summed E-state index contributed by atoms with van der Waals surface area (Å²) in [6.45, 7) is 9.47. The topological polar surface area (TPSA) is 78.1 Å². The van der Waals surface area contributed by atoms with Crippen LogP contribution in [0, 0.1) is 0 Å². The van der Waals surface area contributed by atoms with Crippen LogP contribution in [-0.4, -0.2) is 19.6 Å². The highest BCUT2D eigenvalue weighted by Gasteiger charge is 1.96. The molecular formula is C47H103N3. The molecule has 6 N–H and O–H groups in total. The third kappa shape index (κ3) is 63.0. The molecule has 0 spiro atoms. The lowest BCUT2D eigenvalue weighted by Gasteiger charge is -2.03. The first-order valence-corrected chi connectivity index (χ1v) is 23.8. The van der Waals surface area contributed by atoms with E-state index >= 15 is 0 Å². The molecule has 0 bridgehead atoms. The zero-order valence-corrected chi connectivity index (χ0v) is 35.8. The van der Waals surface area contributed by atoms with Gasteiger partial charge >= 0.3 is 0 Å². The van der Waals surface area contributed by atoms with E-state index in [-0.39, 0.29) is 0 Å². The summed E-state index contributed by atoms with van der Waals surface area (Å²) >= 11 is 0. The number of unbranched alkanes of at least 4 members (excludes halogenated alkanes) is 38. The molecular weight excluding hydrogens is 607 g/mol. The molecule has 0 aromatic rings. The lowest BCUT2D eigenvalue weighted by Crippen LogP contribution is -1.97. The Balaban J connectivity index is -0.000000668. The quantitative estimate of drug-likeness (QED) is 0.0553. The van der Waals surface area contributed by atoms with Crippen molar-refractivity contribution in [2.45, 2.75) is 284 Å². The van der Waals surface area contributed by atoms with Crippen LogP contribution in [0.15, 0.2) is 0 Å². The van der Waals surface area contributed by atoms with Crippen LogP contribution < -0.4 is 17.2 Å². The predicted molar refractivity (Wildman–Crippen MR) is 233 cm³/mol. The Hall–Kier alpha value is -0.120. The van der Waals surface area contributed by atoms with E-state index in [1.807, 2.05) is 0 Å². The summed E-state index contributed by atoms with van der Waals surface area (Å²) in [7, 11) is 0. The van der Waals surface area contributed by atoms with Gasteiger partial charge in [0, 0.05) is 0 Å². The van der Waals surface area contributed by atoms with Gasteiger partial charge in [-0.05, 0) is 38.9 Å². The molecule has 0 aromatic heterocycles. The van der Waals surface area contributed by atoms with Gasteiger partial charge in [0.2, 0.25) is 0 Å². The zero-order valence-electron chi connectivity index (χ0n) is 35.8. The molecule has 0 rings (SSSR count). The van der Waals surface area contributed by atoms with Crippen molar-refractivity contribution >= 4 is 0 Å². The minimum atomic E-state index is 0.872. The molecule has 3 heteroatoms. The fourth-order valence-electron chi connectivity index (χ4n) is 6.84. The standard InChI is InChI=1S/C18H39N.C15H33N.C14H31N/c1-2-3-4-5-6-7-8-9-10-11-12-13-14-15-16-17-18-19;1-2-3-4-5-6-7-8-9-10-11-12-13-14-15-16;1-2-3-4-5-6-7-8-9-10-11-12-13-14-15/h2-19H2,1H3;2-16H2,1H3;2-15H2,1H3. The van der Waals surface area contributed by atoms with Crippen LogP contribution in [0.2, 0.25) is 0 Å². The second kappa shape index (κ2) is 58.2. The Kier molecular flexibility index (Phi) is 63.1. The Morgan fingerprint density at radius 2 is 0.260 bits per heavy atom. The van der Waals surface area contributed by atoms with Crippen LogP contribution in [0.5, 0.6) is 0 Å². The first-order chi connectivity index (χ1) is 24.7. The molecule has 306 valence electrons. The summed E-state index contributed by atoms with van der Waals surface area (Å²) in [6.07, 6.45) is 58.1. The summed E-state index contributed by atoms with van der Waals surface area (Å²) in [6, 6.07) is 0. The monoisotopic (exact) mass is 710 g/mol. The Labute approximate surface area is 320 Å². The number of hydrogen-bond donors (Lipinski definition) is 3. The molecule has 0 heterocycles. The van der Waals surface area contributed by atoms with Crippen LogP contribution in [0.4, 0.5) is 0 Å². The average Bonchev–Trinajstić information content (AvgIpc) is 3.13. The molecule has 0 unspecified atom stereocenters. The molecule has 0 atom stereocenters. The fraction of sp³-hybridized carbons (Fsp3) is 1.00. The summed E-state index contributed by atoms with van der Waals surface area (Å²) in [5.74, 6) is 0. The maximum atomic E-state index is 5.48. The Morgan fingerprint density at radius 1 is 0.160 bits per heavy atom. The van der Waals surface area contributed by atoms with Crippen molar-refractivity contribution in [3.05, 3.63) is 0 Å². The van der Waals surface area contributed by atoms with Crippen molar-refractivity contribution in [2.24, 2.45) is 17.2 Å². The lowest BCUT2D eigenvalue weighted by atomic mass is 10.0. The van der Waals surface area contributed by atoms with Gasteiger partial charge in [-0.1, -0.05) is 265 Å². The summed E-state index contributed by atoms with van der Waals surface area (Å²) < 4.78 is 0. The Morgan fingerprint density at radius 3 is 0.360 bits per heavy atom. The van der Waals surface area contributed by atoms with E-state index in [2.05, 4.69) is 20.8 Å². The minimum absolute atomic E-state index is 0.872. The summed E-state index contributed by atoms with van der Waals surface area (Å²) in [5, 5.41) is 0. The smallest absolute Gasteiger partial charge is 0.00773 e. The van der Waals surface area contributed by atoms with Gasteiger partial charge in [-0.3, -0.25) is 0 Å². The molecule has 3 nitrogen and oxygen atoms in total. The molecule has 0 saturated carbocycles. The third-order valence-corrected chi connectivity index (χ3v) is 10.4. The second-order valence-corrected chi connectivity index (χ2v) is 15.8. The van der Waals surface area contributed by atoms with Crippen LogP contribution in [-0.2, 0) is 0 Å². The van der Waals surface area contributed by atoms with E-state index in [0.717, 1.165) is 19.6 Å². The largest absolute Gasteiger partial charge is 0.330 e. The molecule has 50 heavy (non-hydrogen) atoms. The predicted octanol–water partition coefficient (Wildman–Crippen LogP) is 15.9. The van der Waals surface area contributed by atoms with Gasteiger partial charge in [-0.15, -0.1) is 0 Å². The normalized spacial score (nSPS) is 10.9. The van der Waals surface area contributed by atoms with E-state index in [4.69, 9.17) is 17.2 Å². The molecule has 0 saturated heterocycles. The van der Waals surface area contributed by atoms with Crippen molar-refractivity contribution < 1.29 is 0 Å². The Bertz CT molecular complexity index is 455. The zero-order chi connectivity index (χ0) is 37.1.